The molecule has 1 fully saturated rings. The molecule has 1 aliphatic heterocycles. The van der Waals surface area contributed by atoms with Gasteiger partial charge in [-0.15, -0.1) is 0 Å². The van der Waals surface area contributed by atoms with E-state index in [1.807, 2.05) is 0 Å². The van der Waals surface area contributed by atoms with Crippen LogP contribution in [0.5, 0.6) is 0 Å². The van der Waals surface area contributed by atoms with Crippen LogP contribution in [0, 0.1) is 12.7 Å². The molecule has 0 aromatic heterocycles. The minimum absolute atomic E-state index is 0.180. The molecule has 0 aliphatic carbocycles. The lowest BCUT2D eigenvalue weighted by Crippen LogP contribution is -2.22. The number of anilines is 1. The van der Waals surface area contributed by atoms with Gasteiger partial charge in [-0.05, 0) is 56.1 Å². The number of alkyl halides is 3. The Labute approximate surface area is 115 Å². The number of nitrogens with zero attached hydrogens (tertiary/aromatic N) is 1. The van der Waals surface area contributed by atoms with E-state index in [1.165, 1.54) is 0 Å². The lowest BCUT2D eigenvalue weighted by molar-refractivity contribution is -0.115. The second kappa shape index (κ2) is 5.99. The Hall–Kier alpha value is -1.30. The van der Waals surface area contributed by atoms with Crippen molar-refractivity contribution in [2.45, 2.75) is 32.5 Å². The lowest BCUT2D eigenvalue weighted by Gasteiger charge is -2.18. The summed E-state index contributed by atoms with van der Waals surface area (Å²) in [5.41, 5.74) is 1.44. The number of benzene rings is 1. The number of nitrogens with one attached hydrogen (secondary N) is 1. The van der Waals surface area contributed by atoms with Crippen molar-refractivity contribution in [1.82, 2.24) is 4.90 Å². The fraction of sp³-hybridized carbons (Fsp3) is 0.571. The van der Waals surface area contributed by atoms with Crippen molar-refractivity contribution < 1.29 is 17.6 Å². The fourth-order valence-electron chi connectivity index (χ4n) is 2.39. The molecule has 2 rings (SSSR count). The molecule has 6 heteroatoms. The number of halogens is 4. The normalized spacial score (nSPS) is 16.6. The highest BCUT2D eigenvalue weighted by Gasteiger charge is 2.26. The Morgan fingerprint density at radius 1 is 1.20 bits per heavy atom. The van der Waals surface area contributed by atoms with Crippen LogP contribution in [0.1, 0.15) is 24.0 Å². The molecule has 1 aliphatic rings. The smallest absolute Gasteiger partial charge is 0.376 e. The van der Waals surface area contributed by atoms with Crippen LogP contribution < -0.4 is 5.32 Å². The van der Waals surface area contributed by atoms with Crippen LogP contribution in [0.4, 0.5) is 23.2 Å². The second-order valence-corrected chi connectivity index (χ2v) is 5.19. The van der Waals surface area contributed by atoms with Gasteiger partial charge in [-0.3, -0.25) is 4.90 Å². The molecule has 0 amide bonds. The molecule has 2 nitrogen and oxygen atoms in total. The summed E-state index contributed by atoms with van der Waals surface area (Å²) in [5.74, 6) is -0.466. The van der Waals surface area contributed by atoms with Crippen LogP contribution in [-0.4, -0.2) is 30.7 Å². The average molecular weight is 290 g/mol. The zero-order valence-corrected chi connectivity index (χ0v) is 11.4. The molecule has 20 heavy (non-hydrogen) atoms. The Kier molecular flexibility index (Phi) is 4.52. The predicted octanol–water partition coefficient (Wildman–Crippen LogP) is 3.70. The van der Waals surface area contributed by atoms with E-state index < -0.39 is 18.5 Å². The van der Waals surface area contributed by atoms with Gasteiger partial charge in [0.25, 0.3) is 0 Å². The summed E-state index contributed by atoms with van der Waals surface area (Å²) in [6.45, 7) is 3.01. The van der Waals surface area contributed by atoms with Crippen LogP contribution in [-0.2, 0) is 6.54 Å². The molecule has 1 aromatic rings. The fourth-order valence-corrected chi connectivity index (χ4v) is 2.39. The summed E-state index contributed by atoms with van der Waals surface area (Å²) in [6, 6.07) is 2.73. The minimum atomic E-state index is -4.31. The van der Waals surface area contributed by atoms with Crippen molar-refractivity contribution in [3.63, 3.8) is 0 Å². The highest BCUT2D eigenvalue weighted by molar-refractivity contribution is 5.49. The number of hydrogen-bond acceptors (Lipinski definition) is 2. The van der Waals surface area contributed by atoms with E-state index in [1.54, 1.807) is 13.0 Å². The van der Waals surface area contributed by atoms with Crippen LogP contribution in [0.2, 0.25) is 0 Å². The Morgan fingerprint density at radius 2 is 1.85 bits per heavy atom. The molecule has 0 spiro atoms. The third kappa shape index (κ3) is 4.10. The van der Waals surface area contributed by atoms with E-state index in [0.29, 0.717) is 12.1 Å². The maximum atomic E-state index is 13.8. The van der Waals surface area contributed by atoms with Gasteiger partial charge in [0.2, 0.25) is 0 Å². The largest absolute Gasteiger partial charge is 0.405 e. The standard InChI is InChI=1S/C14H18F4N2/c1-10-11(8-20-4-2-3-5-20)6-12(7-13(10)15)19-9-14(16,17)18/h6-7,19H,2-5,8-9H2,1H3. The van der Waals surface area contributed by atoms with Crippen molar-refractivity contribution in [3.8, 4) is 0 Å². The van der Waals surface area contributed by atoms with Gasteiger partial charge in [-0.1, -0.05) is 0 Å². The Morgan fingerprint density at radius 3 is 2.45 bits per heavy atom. The van der Waals surface area contributed by atoms with Gasteiger partial charge in [-0.25, -0.2) is 4.39 Å². The van der Waals surface area contributed by atoms with Gasteiger partial charge < -0.3 is 5.32 Å². The summed E-state index contributed by atoms with van der Waals surface area (Å²) < 4.78 is 50.3. The van der Waals surface area contributed by atoms with E-state index in [4.69, 9.17) is 0 Å². The first kappa shape index (κ1) is 15.1. The first-order chi connectivity index (χ1) is 9.35. The Bertz CT molecular complexity index is 465. The van der Waals surface area contributed by atoms with Gasteiger partial charge in [0.05, 0.1) is 0 Å². The van der Waals surface area contributed by atoms with Gasteiger partial charge in [-0.2, -0.15) is 13.2 Å². The maximum Gasteiger partial charge on any atom is 0.405 e. The van der Waals surface area contributed by atoms with Crippen LogP contribution >= 0.6 is 0 Å². The molecule has 0 saturated carbocycles. The number of hydrogen-bond donors (Lipinski definition) is 1. The molecule has 1 aromatic carbocycles. The first-order valence-corrected chi connectivity index (χ1v) is 6.67. The SMILES string of the molecule is Cc1c(F)cc(NCC(F)(F)F)cc1CN1CCCC1. The van der Waals surface area contributed by atoms with Crippen LogP contribution in [0.25, 0.3) is 0 Å². The van der Waals surface area contributed by atoms with Gasteiger partial charge in [0.1, 0.15) is 12.4 Å². The van der Waals surface area contributed by atoms with E-state index in [0.717, 1.165) is 37.6 Å². The number of rotatable bonds is 4. The number of likely N-dealkylation sites (tertiary alicyclic amines) is 1. The quantitative estimate of drug-likeness (QED) is 0.851. The molecular weight excluding hydrogens is 272 g/mol. The van der Waals surface area contributed by atoms with Gasteiger partial charge >= 0.3 is 6.18 Å². The molecule has 1 N–H and O–H groups in total. The third-order valence-electron chi connectivity index (χ3n) is 3.54. The van der Waals surface area contributed by atoms with E-state index in [9.17, 15) is 17.6 Å². The predicted molar refractivity (Wildman–Crippen MR) is 70.2 cm³/mol. The van der Waals surface area contributed by atoms with E-state index >= 15 is 0 Å². The summed E-state index contributed by atoms with van der Waals surface area (Å²) in [5, 5.41) is 2.23. The minimum Gasteiger partial charge on any atom is -0.376 e. The molecule has 0 radical (unpaired) electrons. The highest BCUT2D eigenvalue weighted by Crippen LogP contribution is 2.24. The summed E-state index contributed by atoms with van der Waals surface area (Å²) in [7, 11) is 0. The zero-order chi connectivity index (χ0) is 14.8. The average Bonchev–Trinajstić information content (AvgIpc) is 2.84. The van der Waals surface area contributed by atoms with Crippen molar-refractivity contribution in [3.05, 3.63) is 29.1 Å². The lowest BCUT2D eigenvalue weighted by atomic mass is 10.1. The zero-order valence-electron chi connectivity index (χ0n) is 11.4. The molecule has 0 unspecified atom stereocenters. The topological polar surface area (TPSA) is 15.3 Å². The molecule has 0 atom stereocenters. The van der Waals surface area contributed by atoms with E-state index in [-0.39, 0.29) is 5.69 Å². The molecule has 112 valence electrons. The molecule has 0 bridgehead atoms. The van der Waals surface area contributed by atoms with Crippen molar-refractivity contribution >= 4 is 5.69 Å². The maximum absolute atomic E-state index is 13.8. The summed E-state index contributed by atoms with van der Waals surface area (Å²) >= 11 is 0. The van der Waals surface area contributed by atoms with Crippen molar-refractivity contribution in [2.24, 2.45) is 0 Å². The summed E-state index contributed by atoms with van der Waals surface area (Å²) in [6.07, 6.45) is -2.07. The van der Waals surface area contributed by atoms with Gasteiger partial charge in [0.15, 0.2) is 0 Å². The molecular formula is C14H18F4N2. The second-order valence-electron chi connectivity index (χ2n) is 5.19. The highest BCUT2D eigenvalue weighted by atomic mass is 19.4. The Balaban J connectivity index is 2.11. The molecule has 1 saturated heterocycles. The third-order valence-corrected chi connectivity index (χ3v) is 3.54. The van der Waals surface area contributed by atoms with Crippen LogP contribution in [0.15, 0.2) is 12.1 Å². The monoisotopic (exact) mass is 290 g/mol. The van der Waals surface area contributed by atoms with Crippen LogP contribution in [0.3, 0.4) is 0 Å². The van der Waals surface area contributed by atoms with Crippen molar-refractivity contribution in [2.75, 3.05) is 25.0 Å². The molecule has 1 heterocycles. The summed E-state index contributed by atoms with van der Waals surface area (Å²) in [4.78, 5) is 2.19. The van der Waals surface area contributed by atoms with E-state index in [2.05, 4.69) is 10.2 Å². The van der Waals surface area contributed by atoms with Crippen molar-refractivity contribution in [1.29, 1.82) is 0 Å². The first-order valence-electron chi connectivity index (χ1n) is 6.67. The van der Waals surface area contributed by atoms with Gasteiger partial charge in [0, 0.05) is 12.2 Å².